The fourth-order valence-corrected chi connectivity index (χ4v) is 3.39. The third kappa shape index (κ3) is 2.73. The van der Waals surface area contributed by atoms with Crippen molar-refractivity contribution in [3.8, 4) is 0 Å². The summed E-state index contributed by atoms with van der Waals surface area (Å²) < 4.78 is 1.71. The number of pyridine rings is 1. The van der Waals surface area contributed by atoms with E-state index < -0.39 is 0 Å². The van der Waals surface area contributed by atoms with E-state index in [9.17, 15) is 4.79 Å². The first-order valence-corrected chi connectivity index (χ1v) is 8.75. The minimum atomic E-state index is 0.0313. The van der Waals surface area contributed by atoms with Crippen molar-refractivity contribution < 1.29 is 4.79 Å². The van der Waals surface area contributed by atoms with E-state index in [1.807, 2.05) is 12.3 Å². The van der Waals surface area contributed by atoms with Gasteiger partial charge in [0.1, 0.15) is 0 Å². The summed E-state index contributed by atoms with van der Waals surface area (Å²) in [6.07, 6.45) is 4.90. The lowest BCUT2D eigenvalue weighted by Gasteiger charge is -2.30. The Morgan fingerprint density at radius 1 is 1.16 bits per heavy atom. The van der Waals surface area contributed by atoms with Gasteiger partial charge in [-0.15, -0.1) is 5.10 Å². The Balaban J connectivity index is 1.40. The van der Waals surface area contributed by atoms with Crippen molar-refractivity contribution in [2.75, 3.05) is 16.8 Å². The fraction of sp³-hybridized carbons (Fsp3) is 0.316. The lowest BCUT2D eigenvalue weighted by atomic mass is 9.99. The number of benzene rings is 1. The number of carbonyl (C=O) groups is 1. The predicted molar refractivity (Wildman–Crippen MR) is 95.5 cm³/mol. The van der Waals surface area contributed by atoms with E-state index >= 15 is 0 Å². The molecule has 0 spiro atoms. The zero-order valence-electron chi connectivity index (χ0n) is 13.9. The van der Waals surface area contributed by atoms with Gasteiger partial charge in [-0.3, -0.25) is 10.1 Å². The Kier molecular flexibility index (Phi) is 3.23. The molecule has 1 fully saturated rings. The summed E-state index contributed by atoms with van der Waals surface area (Å²) in [6.45, 7) is 1.90. The number of rotatable bonds is 3. The summed E-state index contributed by atoms with van der Waals surface area (Å²) in [7, 11) is 0. The van der Waals surface area contributed by atoms with Crippen molar-refractivity contribution in [3.63, 3.8) is 0 Å². The zero-order chi connectivity index (χ0) is 16.8. The van der Waals surface area contributed by atoms with Gasteiger partial charge in [-0.25, -0.2) is 4.52 Å². The molecule has 1 aliphatic heterocycles. The molecule has 3 heterocycles. The van der Waals surface area contributed by atoms with Crippen LogP contribution >= 0.6 is 0 Å². The predicted octanol–water partition coefficient (Wildman–Crippen LogP) is 2.64. The van der Waals surface area contributed by atoms with Crippen LogP contribution in [-0.2, 0) is 17.8 Å². The highest BCUT2D eigenvalue weighted by atomic mass is 16.2. The summed E-state index contributed by atoms with van der Waals surface area (Å²) in [5.74, 6) is 0.567. The Labute approximate surface area is 145 Å². The first-order valence-electron chi connectivity index (χ1n) is 8.75. The van der Waals surface area contributed by atoms with Crippen LogP contribution in [0.3, 0.4) is 0 Å². The minimum absolute atomic E-state index is 0.0313. The van der Waals surface area contributed by atoms with E-state index in [2.05, 4.69) is 50.6 Å². The van der Waals surface area contributed by atoms with Crippen molar-refractivity contribution >= 4 is 23.2 Å². The summed E-state index contributed by atoms with van der Waals surface area (Å²) >= 11 is 0. The molecule has 6 nitrogen and oxygen atoms in total. The van der Waals surface area contributed by atoms with Crippen LogP contribution in [0.2, 0.25) is 0 Å². The van der Waals surface area contributed by atoms with Crippen LogP contribution in [0.25, 0.3) is 5.65 Å². The van der Waals surface area contributed by atoms with Crippen molar-refractivity contribution in [1.29, 1.82) is 0 Å². The molecular weight excluding hydrogens is 314 g/mol. The largest absolute Gasteiger partial charge is 0.367 e. The minimum Gasteiger partial charge on any atom is -0.367 e. The number of nitrogens with zero attached hydrogens (tertiary/aromatic N) is 4. The quantitative estimate of drug-likeness (QED) is 0.800. The number of hydrogen-bond donors (Lipinski definition) is 1. The molecule has 126 valence electrons. The molecule has 3 aromatic rings. The molecule has 1 saturated carbocycles. The van der Waals surface area contributed by atoms with E-state index in [1.54, 1.807) is 4.52 Å². The fourth-order valence-electron chi connectivity index (χ4n) is 3.39. The molecule has 0 atom stereocenters. The molecule has 1 N–H and O–H groups in total. The Morgan fingerprint density at radius 3 is 2.84 bits per heavy atom. The average molecular weight is 333 g/mol. The second kappa shape index (κ2) is 5.58. The molecule has 25 heavy (non-hydrogen) atoms. The molecule has 0 bridgehead atoms. The molecule has 1 amide bonds. The summed E-state index contributed by atoms with van der Waals surface area (Å²) in [5, 5.41) is 7.15. The highest BCUT2D eigenvalue weighted by Crippen LogP contribution is 2.30. The molecule has 2 aromatic heterocycles. The molecular formula is C19H19N5O. The standard InChI is InChI=1S/C19H19N5O/c25-18(14-5-6-14)21-19-20-17-11-16(8-10-24(17)22-19)23-9-7-13-3-1-2-4-15(13)12-23/h1-4,8,10-11,14H,5-7,9,12H2,(H,21,22,25). The molecule has 2 aliphatic rings. The highest BCUT2D eigenvalue weighted by Gasteiger charge is 2.30. The Morgan fingerprint density at radius 2 is 2.00 bits per heavy atom. The third-order valence-corrected chi connectivity index (χ3v) is 5.00. The number of hydrogen-bond acceptors (Lipinski definition) is 4. The third-order valence-electron chi connectivity index (χ3n) is 5.00. The maximum Gasteiger partial charge on any atom is 0.249 e. The molecule has 1 aliphatic carbocycles. The van der Waals surface area contributed by atoms with Gasteiger partial charge in [0.15, 0.2) is 5.65 Å². The summed E-state index contributed by atoms with van der Waals surface area (Å²) in [6, 6.07) is 12.7. The van der Waals surface area contributed by atoms with Gasteiger partial charge in [0.2, 0.25) is 11.9 Å². The number of nitrogens with one attached hydrogen (secondary N) is 1. The van der Waals surface area contributed by atoms with Crippen LogP contribution in [0.1, 0.15) is 24.0 Å². The number of anilines is 2. The Bertz CT molecular complexity index is 959. The van der Waals surface area contributed by atoms with Gasteiger partial charge in [0, 0.05) is 37.0 Å². The van der Waals surface area contributed by atoms with Crippen molar-refractivity contribution in [2.24, 2.45) is 5.92 Å². The van der Waals surface area contributed by atoms with Gasteiger partial charge in [0.25, 0.3) is 0 Å². The number of aromatic nitrogens is 3. The number of amides is 1. The SMILES string of the molecule is O=C(Nc1nc2cc(N3CCc4ccccc4C3)ccn2n1)C1CC1. The second-order valence-electron chi connectivity index (χ2n) is 6.83. The van der Waals surface area contributed by atoms with Gasteiger partial charge in [-0.2, -0.15) is 4.98 Å². The van der Waals surface area contributed by atoms with Crippen LogP contribution in [0.15, 0.2) is 42.6 Å². The highest BCUT2D eigenvalue weighted by molar-refractivity contribution is 5.92. The number of carbonyl (C=O) groups excluding carboxylic acids is 1. The lowest BCUT2D eigenvalue weighted by molar-refractivity contribution is -0.117. The lowest BCUT2D eigenvalue weighted by Crippen LogP contribution is -2.30. The maximum absolute atomic E-state index is 11.9. The Hall–Kier alpha value is -2.89. The molecule has 0 radical (unpaired) electrons. The van der Waals surface area contributed by atoms with Crippen molar-refractivity contribution in [1.82, 2.24) is 14.6 Å². The summed E-state index contributed by atoms with van der Waals surface area (Å²) in [4.78, 5) is 18.7. The van der Waals surface area contributed by atoms with E-state index in [4.69, 9.17) is 0 Å². The van der Waals surface area contributed by atoms with E-state index in [1.165, 1.54) is 11.1 Å². The first-order chi connectivity index (χ1) is 12.3. The van der Waals surface area contributed by atoms with Crippen LogP contribution in [0.5, 0.6) is 0 Å². The van der Waals surface area contributed by atoms with Gasteiger partial charge in [0.05, 0.1) is 0 Å². The van der Waals surface area contributed by atoms with Crippen LogP contribution in [0, 0.1) is 5.92 Å². The van der Waals surface area contributed by atoms with Crippen molar-refractivity contribution in [3.05, 3.63) is 53.7 Å². The van der Waals surface area contributed by atoms with E-state index in [-0.39, 0.29) is 11.8 Å². The summed E-state index contributed by atoms with van der Waals surface area (Å²) in [5.41, 5.74) is 4.71. The second-order valence-corrected chi connectivity index (χ2v) is 6.83. The van der Waals surface area contributed by atoms with Gasteiger partial charge < -0.3 is 4.90 Å². The molecule has 1 aromatic carbocycles. The topological polar surface area (TPSA) is 62.5 Å². The maximum atomic E-state index is 11.9. The molecule has 6 heteroatoms. The molecule has 5 rings (SSSR count). The van der Waals surface area contributed by atoms with Crippen LogP contribution in [0.4, 0.5) is 11.6 Å². The average Bonchev–Trinajstić information content (AvgIpc) is 3.41. The van der Waals surface area contributed by atoms with Crippen LogP contribution < -0.4 is 10.2 Å². The molecule has 0 unspecified atom stereocenters. The van der Waals surface area contributed by atoms with Gasteiger partial charge >= 0.3 is 0 Å². The normalized spacial score (nSPS) is 16.7. The number of fused-ring (bicyclic) bond motifs is 2. The van der Waals surface area contributed by atoms with E-state index in [0.29, 0.717) is 5.95 Å². The first kappa shape index (κ1) is 14.5. The zero-order valence-corrected chi connectivity index (χ0v) is 13.9. The smallest absolute Gasteiger partial charge is 0.249 e. The van der Waals surface area contributed by atoms with Gasteiger partial charge in [-0.1, -0.05) is 24.3 Å². The van der Waals surface area contributed by atoms with E-state index in [0.717, 1.165) is 43.7 Å². The van der Waals surface area contributed by atoms with Gasteiger partial charge in [-0.05, 0) is 36.5 Å². The van der Waals surface area contributed by atoms with Crippen LogP contribution in [-0.4, -0.2) is 27.0 Å². The monoisotopic (exact) mass is 333 g/mol. The molecule has 0 saturated heterocycles. The van der Waals surface area contributed by atoms with Crippen molar-refractivity contribution in [2.45, 2.75) is 25.8 Å².